The lowest BCUT2D eigenvalue weighted by molar-refractivity contribution is -0.305. The number of nitriles is 1. The third-order valence-corrected chi connectivity index (χ3v) is 1.87. The van der Waals surface area contributed by atoms with Crippen molar-refractivity contribution in [1.29, 1.82) is 5.26 Å². The Labute approximate surface area is 90.0 Å². The summed E-state index contributed by atoms with van der Waals surface area (Å²) < 4.78 is 5.37. The number of nitrogens with one attached hydrogen (secondary N) is 1. The summed E-state index contributed by atoms with van der Waals surface area (Å²) in [6, 6.07) is 2.11. The average molecular weight is 213 g/mol. The SMILES string of the molecule is CCC(=O)[O-].N#CCCC1CNCCO1. The molecule has 0 amide bonds. The zero-order chi connectivity index (χ0) is 11.5. The van der Waals surface area contributed by atoms with Crippen LogP contribution in [-0.2, 0) is 9.53 Å². The molecule has 0 aliphatic carbocycles. The van der Waals surface area contributed by atoms with Crippen molar-refractivity contribution in [3.8, 4) is 6.07 Å². The van der Waals surface area contributed by atoms with E-state index >= 15 is 0 Å². The predicted octanol–water partition coefficient (Wildman–Crippen LogP) is -0.575. The van der Waals surface area contributed by atoms with E-state index in [0.29, 0.717) is 6.42 Å². The zero-order valence-corrected chi connectivity index (χ0v) is 8.99. The molecule has 0 saturated carbocycles. The van der Waals surface area contributed by atoms with Gasteiger partial charge in [-0.3, -0.25) is 0 Å². The molecule has 1 saturated heterocycles. The second kappa shape index (κ2) is 9.44. The molecule has 1 heterocycles. The Balaban J connectivity index is 0.000000336. The van der Waals surface area contributed by atoms with Gasteiger partial charge < -0.3 is 20.0 Å². The Morgan fingerprint density at radius 2 is 2.40 bits per heavy atom. The zero-order valence-electron chi connectivity index (χ0n) is 8.99. The Morgan fingerprint density at radius 3 is 2.80 bits per heavy atom. The van der Waals surface area contributed by atoms with Crippen molar-refractivity contribution < 1.29 is 14.6 Å². The van der Waals surface area contributed by atoms with Gasteiger partial charge in [-0.25, -0.2) is 0 Å². The van der Waals surface area contributed by atoms with E-state index < -0.39 is 5.97 Å². The Kier molecular flexibility index (Phi) is 8.73. The molecule has 1 N–H and O–H groups in total. The molecule has 1 aliphatic heterocycles. The quantitative estimate of drug-likeness (QED) is 0.678. The molecule has 0 aromatic carbocycles. The molecule has 5 nitrogen and oxygen atoms in total. The lowest BCUT2D eigenvalue weighted by Crippen LogP contribution is -2.38. The molecule has 86 valence electrons. The molecule has 0 spiro atoms. The molecule has 1 fully saturated rings. The largest absolute Gasteiger partial charge is 0.550 e. The first kappa shape index (κ1) is 13.9. The first-order valence-electron chi connectivity index (χ1n) is 5.09. The van der Waals surface area contributed by atoms with Gasteiger partial charge in [0.05, 0.1) is 18.8 Å². The van der Waals surface area contributed by atoms with Crippen LogP contribution in [0, 0.1) is 11.3 Å². The highest BCUT2D eigenvalue weighted by Crippen LogP contribution is 2.02. The summed E-state index contributed by atoms with van der Waals surface area (Å²) in [6.07, 6.45) is 1.85. The number of ether oxygens (including phenoxy) is 1. The molecule has 5 heteroatoms. The number of carboxylic acids is 1. The van der Waals surface area contributed by atoms with Gasteiger partial charge in [0.1, 0.15) is 0 Å². The number of hydrogen-bond acceptors (Lipinski definition) is 5. The lowest BCUT2D eigenvalue weighted by Gasteiger charge is -2.22. The van der Waals surface area contributed by atoms with Crippen LogP contribution in [0.25, 0.3) is 0 Å². The van der Waals surface area contributed by atoms with Crippen LogP contribution < -0.4 is 10.4 Å². The number of rotatable bonds is 3. The van der Waals surface area contributed by atoms with E-state index in [1.54, 1.807) is 0 Å². The molecule has 1 aliphatic rings. The van der Waals surface area contributed by atoms with E-state index in [2.05, 4.69) is 11.4 Å². The van der Waals surface area contributed by atoms with Crippen LogP contribution in [0.15, 0.2) is 0 Å². The Morgan fingerprint density at radius 1 is 1.73 bits per heavy atom. The lowest BCUT2D eigenvalue weighted by atomic mass is 10.2. The van der Waals surface area contributed by atoms with E-state index in [4.69, 9.17) is 10.00 Å². The smallest absolute Gasteiger partial charge is 0.0709 e. The maximum Gasteiger partial charge on any atom is 0.0709 e. The van der Waals surface area contributed by atoms with Crippen molar-refractivity contribution in [2.45, 2.75) is 32.3 Å². The molecule has 0 bridgehead atoms. The third kappa shape index (κ3) is 9.19. The van der Waals surface area contributed by atoms with Gasteiger partial charge in [-0.05, 0) is 12.8 Å². The fourth-order valence-electron chi connectivity index (χ4n) is 1.03. The monoisotopic (exact) mass is 213 g/mol. The van der Waals surface area contributed by atoms with Gasteiger partial charge >= 0.3 is 0 Å². The summed E-state index contributed by atoms with van der Waals surface area (Å²) in [6.45, 7) is 4.18. The predicted molar refractivity (Wildman–Crippen MR) is 52.8 cm³/mol. The molecular weight excluding hydrogens is 196 g/mol. The van der Waals surface area contributed by atoms with E-state index in [9.17, 15) is 9.90 Å². The van der Waals surface area contributed by atoms with Crippen LogP contribution in [0.5, 0.6) is 0 Å². The topological polar surface area (TPSA) is 85.2 Å². The molecule has 0 aromatic rings. The van der Waals surface area contributed by atoms with Crippen LogP contribution in [0.1, 0.15) is 26.2 Å². The fraction of sp³-hybridized carbons (Fsp3) is 0.800. The van der Waals surface area contributed by atoms with Crippen LogP contribution in [0.2, 0.25) is 0 Å². The molecule has 1 rings (SSSR count). The van der Waals surface area contributed by atoms with Crippen LogP contribution >= 0.6 is 0 Å². The normalized spacial score (nSPS) is 19.6. The number of carbonyl (C=O) groups is 1. The van der Waals surface area contributed by atoms with Crippen molar-refractivity contribution in [1.82, 2.24) is 5.32 Å². The molecule has 1 unspecified atom stereocenters. The standard InChI is InChI=1S/C7H12N2O.C3H6O2/c8-3-1-2-7-6-9-4-5-10-7;1-2-3(4)5/h7,9H,1-2,4-6H2;2H2,1H3,(H,4,5)/p-1. The van der Waals surface area contributed by atoms with E-state index in [1.165, 1.54) is 6.92 Å². The summed E-state index contributed by atoms with van der Waals surface area (Å²) in [4.78, 5) is 9.26. The Hall–Kier alpha value is -1.12. The fourth-order valence-corrected chi connectivity index (χ4v) is 1.03. The highest BCUT2D eigenvalue weighted by Gasteiger charge is 2.11. The van der Waals surface area contributed by atoms with E-state index in [1.807, 2.05) is 0 Å². The van der Waals surface area contributed by atoms with E-state index in [-0.39, 0.29) is 12.5 Å². The van der Waals surface area contributed by atoms with Gasteiger partial charge in [-0.2, -0.15) is 5.26 Å². The van der Waals surface area contributed by atoms with Gasteiger partial charge in [0.15, 0.2) is 0 Å². The number of aliphatic carboxylic acids is 1. The molecule has 15 heavy (non-hydrogen) atoms. The van der Waals surface area contributed by atoms with Crippen molar-refractivity contribution in [2.24, 2.45) is 0 Å². The summed E-state index contributed by atoms with van der Waals surface area (Å²) in [5.74, 6) is -0.995. The summed E-state index contributed by atoms with van der Waals surface area (Å²) in [5.41, 5.74) is 0. The molecule has 0 aromatic heterocycles. The minimum atomic E-state index is -0.995. The minimum absolute atomic E-state index is 0.111. The number of morpholine rings is 1. The number of nitrogens with zero attached hydrogens (tertiary/aromatic N) is 1. The van der Waals surface area contributed by atoms with Crippen molar-refractivity contribution in [3.63, 3.8) is 0 Å². The summed E-state index contributed by atoms with van der Waals surface area (Å²) >= 11 is 0. The van der Waals surface area contributed by atoms with E-state index in [0.717, 1.165) is 26.1 Å². The van der Waals surface area contributed by atoms with Gasteiger partial charge in [0, 0.05) is 25.5 Å². The highest BCUT2D eigenvalue weighted by atomic mass is 16.5. The van der Waals surface area contributed by atoms with Gasteiger partial charge in [0.2, 0.25) is 0 Å². The van der Waals surface area contributed by atoms with Crippen LogP contribution in [-0.4, -0.2) is 31.8 Å². The first-order chi connectivity index (χ1) is 7.20. The summed E-state index contributed by atoms with van der Waals surface area (Å²) in [7, 11) is 0. The van der Waals surface area contributed by atoms with Gasteiger partial charge in [0.25, 0.3) is 0 Å². The second-order valence-corrected chi connectivity index (χ2v) is 3.12. The number of carboxylic acid groups (broad SMARTS) is 1. The molecule has 1 atom stereocenters. The maximum atomic E-state index is 9.26. The average Bonchev–Trinajstić information content (AvgIpc) is 2.28. The Bertz CT molecular complexity index is 207. The number of carbonyl (C=O) groups excluding carboxylic acids is 1. The second-order valence-electron chi connectivity index (χ2n) is 3.12. The van der Waals surface area contributed by atoms with Crippen molar-refractivity contribution >= 4 is 5.97 Å². The highest BCUT2D eigenvalue weighted by molar-refractivity contribution is 5.63. The maximum absolute atomic E-state index is 9.26. The molecular formula is C10H17N2O3-. The molecule has 0 radical (unpaired) electrons. The summed E-state index contributed by atoms with van der Waals surface area (Å²) in [5, 5.41) is 20.7. The van der Waals surface area contributed by atoms with Crippen LogP contribution in [0.3, 0.4) is 0 Å². The first-order valence-corrected chi connectivity index (χ1v) is 5.09. The number of hydrogen-bond donors (Lipinski definition) is 1. The minimum Gasteiger partial charge on any atom is -0.550 e. The third-order valence-electron chi connectivity index (χ3n) is 1.87. The van der Waals surface area contributed by atoms with Crippen molar-refractivity contribution in [3.05, 3.63) is 0 Å². The van der Waals surface area contributed by atoms with Crippen LogP contribution in [0.4, 0.5) is 0 Å². The van der Waals surface area contributed by atoms with Gasteiger partial charge in [-0.1, -0.05) is 6.92 Å². The van der Waals surface area contributed by atoms with Gasteiger partial charge in [-0.15, -0.1) is 0 Å². The van der Waals surface area contributed by atoms with Crippen molar-refractivity contribution in [2.75, 3.05) is 19.7 Å².